The van der Waals surface area contributed by atoms with Gasteiger partial charge in [0.2, 0.25) is 5.78 Å². The molecular weight excluding hydrogens is 350 g/mol. The van der Waals surface area contributed by atoms with Gasteiger partial charge in [0.05, 0.1) is 19.8 Å². The van der Waals surface area contributed by atoms with E-state index in [-0.39, 0.29) is 11.2 Å². The van der Waals surface area contributed by atoms with E-state index >= 15 is 0 Å². The number of hydrogen-bond donors (Lipinski definition) is 0. The summed E-state index contributed by atoms with van der Waals surface area (Å²) in [5.41, 5.74) is -0.933. The summed E-state index contributed by atoms with van der Waals surface area (Å²) in [4.78, 5) is 17.9. The number of ketones is 1. The van der Waals surface area contributed by atoms with Gasteiger partial charge >= 0.3 is 0 Å². The van der Waals surface area contributed by atoms with Crippen LogP contribution in [0.15, 0.2) is 35.3 Å². The molecule has 1 aromatic heterocycles. The summed E-state index contributed by atoms with van der Waals surface area (Å²) in [5.74, 6) is 0.840. The van der Waals surface area contributed by atoms with Gasteiger partial charge in [-0.1, -0.05) is 32.1 Å². The summed E-state index contributed by atoms with van der Waals surface area (Å²) in [7, 11) is 3.09. The summed E-state index contributed by atoms with van der Waals surface area (Å²) >= 11 is 1.41. The van der Waals surface area contributed by atoms with E-state index in [2.05, 4.69) is 36.0 Å². The molecule has 0 aliphatic carbocycles. The molecule has 136 valence electrons. The number of hydrogen-bond acceptors (Lipinski definition) is 7. The molecule has 2 aromatic rings. The number of ether oxygens (including phenoxy) is 2. The van der Waals surface area contributed by atoms with Crippen molar-refractivity contribution in [2.24, 2.45) is 4.99 Å². The fraction of sp³-hybridized carbons (Fsp3) is 0.368. The lowest BCUT2D eigenvalue weighted by molar-refractivity contribution is 0.0919. The van der Waals surface area contributed by atoms with E-state index in [0.29, 0.717) is 22.1 Å². The smallest absolute Gasteiger partial charge is 0.205 e. The number of rotatable bonds is 5. The molecule has 1 unspecified atom stereocenters. The summed E-state index contributed by atoms with van der Waals surface area (Å²) < 4.78 is 10.6. The molecular formula is C19H21N3O3S. The van der Waals surface area contributed by atoms with Crippen molar-refractivity contribution in [3.05, 3.63) is 45.9 Å². The number of carbonyl (C=O) groups excluding carboxylic acids is 1. The molecule has 2 heterocycles. The summed E-state index contributed by atoms with van der Waals surface area (Å²) in [6, 6.07) is 5.10. The molecule has 1 aliphatic heterocycles. The van der Waals surface area contributed by atoms with Crippen molar-refractivity contribution in [3.63, 3.8) is 0 Å². The molecule has 1 aromatic carbocycles. The number of allylic oxidation sites excluding steroid dienone is 1. The van der Waals surface area contributed by atoms with Crippen molar-refractivity contribution in [3.8, 4) is 11.5 Å². The Kier molecular flexibility index (Phi) is 4.66. The normalized spacial score (nSPS) is 19.0. The molecule has 1 atom stereocenters. The Balaban J connectivity index is 2.09. The third-order valence-electron chi connectivity index (χ3n) is 4.09. The molecule has 0 saturated carbocycles. The van der Waals surface area contributed by atoms with Gasteiger partial charge in [-0.15, -0.1) is 10.2 Å². The predicted molar refractivity (Wildman–Crippen MR) is 102 cm³/mol. The Morgan fingerprint density at radius 1 is 1.15 bits per heavy atom. The third kappa shape index (κ3) is 3.03. The summed E-state index contributed by atoms with van der Waals surface area (Å²) in [5, 5.41) is 9.98. The zero-order valence-corrected chi connectivity index (χ0v) is 16.3. The maximum absolute atomic E-state index is 13.5. The zero-order valence-electron chi connectivity index (χ0n) is 15.4. The van der Waals surface area contributed by atoms with Crippen LogP contribution in [0.4, 0.5) is 0 Å². The maximum Gasteiger partial charge on any atom is 0.205 e. The average Bonchev–Trinajstić information content (AvgIpc) is 3.29. The van der Waals surface area contributed by atoms with Gasteiger partial charge in [0.25, 0.3) is 0 Å². The van der Waals surface area contributed by atoms with E-state index in [1.165, 1.54) is 18.4 Å². The minimum atomic E-state index is -1.21. The molecule has 7 heteroatoms. The van der Waals surface area contributed by atoms with E-state index in [0.717, 1.165) is 5.01 Å². The number of nitrogens with zero attached hydrogens (tertiary/aromatic N) is 3. The predicted octanol–water partition coefficient (Wildman–Crippen LogP) is 3.57. The van der Waals surface area contributed by atoms with Crippen LogP contribution < -0.4 is 9.47 Å². The van der Waals surface area contributed by atoms with E-state index < -0.39 is 5.54 Å². The highest BCUT2D eigenvalue weighted by molar-refractivity contribution is 7.11. The van der Waals surface area contributed by atoms with Crippen LogP contribution >= 0.6 is 11.3 Å². The molecule has 0 fully saturated rings. The SMILES string of the molecule is COc1ccc(C(=O)C2(c3nnc(C(C)(C)C)s3)C=CC=N2)c(OC)c1. The Morgan fingerprint density at radius 3 is 2.46 bits per heavy atom. The summed E-state index contributed by atoms with van der Waals surface area (Å²) in [6.45, 7) is 6.18. The number of benzene rings is 1. The standard InChI is InChI=1S/C19H21N3O3S/c1-18(2,3)16-21-22-17(26-16)19(9-6-10-20-19)15(23)13-8-7-12(24-4)11-14(13)25-5/h6-11H,1-5H3. The second kappa shape index (κ2) is 6.64. The van der Waals surface area contributed by atoms with Gasteiger partial charge in [0.1, 0.15) is 16.5 Å². The van der Waals surface area contributed by atoms with Gasteiger partial charge in [-0.2, -0.15) is 0 Å². The summed E-state index contributed by atoms with van der Waals surface area (Å²) in [6.07, 6.45) is 5.13. The van der Waals surface area contributed by atoms with Crippen LogP contribution in [0.2, 0.25) is 0 Å². The first-order valence-electron chi connectivity index (χ1n) is 8.16. The molecule has 6 nitrogen and oxygen atoms in total. The van der Waals surface area contributed by atoms with E-state index in [9.17, 15) is 4.79 Å². The molecule has 0 saturated heterocycles. The number of Topliss-reactive ketones (excluding diaryl/α,β-unsaturated/α-hetero) is 1. The van der Waals surface area contributed by atoms with Crippen LogP contribution in [-0.2, 0) is 11.0 Å². The van der Waals surface area contributed by atoms with E-state index in [1.807, 2.05) is 0 Å². The van der Waals surface area contributed by atoms with Crippen LogP contribution in [0.25, 0.3) is 0 Å². The van der Waals surface area contributed by atoms with Gasteiger partial charge in [-0.3, -0.25) is 9.79 Å². The van der Waals surface area contributed by atoms with Crippen molar-refractivity contribution in [1.82, 2.24) is 10.2 Å². The quantitative estimate of drug-likeness (QED) is 0.751. The van der Waals surface area contributed by atoms with Crippen LogP contribution in [0.1, 0.15) is 41.1 Å². The van der Waals surface area contributed by atoms with Gasteiger partial charge in [0, 0.05) is 17.7 Å². The van der Waals surface area contributed by atoms with Crippen LogP contribution in [0.3, 0.4) is 0 Å². The van der Waals surface area contributed by atoms with Crippen LogP contribution in [0.5, 0.6) is 11.5 Å². The fourth-order valence-electron chi connectivity index (χ4n) is 2.62. The van der Waals surface area contributed by atoms with Gasteiger partial charge < -0.3 is 9.47 Å². The van der Waals surface area contributed by atoms with Crippen molar-refractivity contribution in [1.29, 1.82) is 0 Å². The average molecular weight is 371 g/mol. The van der Waals surface area contributed by atoms with E-state index in [4.69, 9.17) is 9.47 Å². The minimum Gasteiger partial charge on any atom is -0.497 e. The lowest BCUT2D eigenvalue weighted by Crippen LogP contribution is -2.31. The highest BCUT2D eigenvalue weighted by Crippen LogP contribution is 2.40. The van der Waals surface area contributed by atoms with Gasteiger partial charge in [-0.25, -0.2) is 0 Å². The number of carbonyl (C=O) groups is 1. The Bertz CT molecular complexity index is 882. The lowest BCUT2D eigenvalue weighted by atomic mass is 9.90. The van der Waals surface area contributed by atoms with Crippen molar-refractivity contribution in [2.45, 2.75) is 31.7 Å². The monoisotopic (exact) mass is 371 g/mol. The molecule has 0 radical (unpaired) electrons. The molecule has 26 heavy (non-hydrogen) atoms. The first-order valence-corrected chi connectivity index (χ1v) is 8.98. The van der Waals surface area contributed by atoms with Crippen LogP contribution in [0, 0.1) is 0 Å². The topological polar surface area (TPSA) is 73.7 Å². The number of aliphatic imine (C=N–C) groups is 1. The first kappa shape index (κ1) is 18.3. The third-order valence-corrected chi connectivity index (χ3v) is 5.57. The minimum absolute atomic E-state index is 0.149. The molecule has 0 spiro atoms. The molecule has 0 amide bonds. The zero-order chi connectivity index (χ0) is 18.9. The second-order valence-electron chi connectivity index (χ2n) is 6.96. The second-order valence-corrected chi connectivity index (χ2v) is 7.94. The molecule has 3 rings (SSSR count). The number of aromatic nitrogens is 2. The Hall–Kier alpha value is -2.54. The Morgan fingerprint density at radius 2 is 1.92 bits per heavy atom. The highest BCUT2D eigenvalue weighted by Gasteiger charge is 2.44. The lowest BCUT2D eigenvalue weighted by Gasteiger charge is -2.21. The molecule has 0 N–H and O–H groups in total. The van der Waals surface area contributed by atoms with Gasteiger partial charge in [0.15, 0.2) is 10.5 Å². The van der Waals surface area contributed by atoms with Crippen molar-refractivity contribution >= 4 is 23.3 Å². The van der Waals surface area contributed by atoms with E-state index in [1.54, 1.807) is 43.7 Å². The first-order chi connectivity index (χ1) is 12.3. The van der Waals surface area contributed by atoms with Crippen molar-refractivity contribution < 1.29 is 14.3 Å². The van der Waals surface area contributed by atoms with Crippen LogP contribution in [-0.4, -0.2) is 36.4 Å². The van der Waals surface area contributed by atoms with Gasteiger partial charge in [-0.05, 0) is 24.3 Å². The Labute approximate surface area is 156 Å². The number of methoxy groups -OCH3 is 2. The highest BCUT2D eigenvalue weighted by atomic mass is 32.1. The molecule has 1 aliphatic rings. The van der Waals surface area contributed by atoms with Crippen molar-refractivity contribution in [2.75, 3.05) is 14.2 Å². The fourth-order valence-corrected chi connectivity index (χ4v) is 3.64. The molecule has 0 bridgehead atoms. The largest absolute Gasteiger partial charge is 0.497 e. The maximum atomic E-state index is 13.5.